The summed E-state index contributed by atoms with van der Waals surface area (Å²) in [7, 11) is 0. The number of nitrogens with zero attached hydrogens (tertiary/aromatic N) is 2. The van der Waals surface area contributed by atoms with Gasteiger partial charge in [0, 0.05) is 5.56 Å². The average molecular weight is 457 g/mol. The maximum Gasteiger partial charge on any atom is 0.301 e. The average Bonchev–Trinajstić information content (AvgIpc) is 3.33. The monoisotopic (exact) mass is 456 g/mol. The number of Topliss-reactive ketones (excluding diaryl/α,β-unsaturated/α-hetero) is 1. The summed E-state index contributed by atoms with van der Waals surface area (Å²) in [6.07, 6.45) is 0. The van der Waals surface area contributed by atoms with E-state index in [2.05, 4.69) is 0 Å². The number of fused-ring (bicyclic) bond motifs is 1. The quantitative estimate of drug-likeness (QED) is 0.250. The molecule has 3 aromatic carbocycles. The molecule has 2 N–H and O–H groups in total. The number of phenols is 1. The highest BCUT2D eigenvalue weighted by atomic mass is 32.1. The van der Waals surface area contributed by atoms with Crippen LogP contribution in [0.5, 0.6) is 5.75 Å². The van der Waals surface area contributed by atoms with Gasteiger partial charge in [0.15, 0.2) is 5.13 Å². The molecule has 6 nitrogen and oxygen atoms in total. The maximum atomic E-state index is 13.3. The second-order valence-electron chi connectivity index (χ2n) is 8.05. The number of carbonyl (C=O) groups is 2. The molecule has 1 saturated heterocycles. The first kappa shape index (κ1) is 20.9. The number of aromatic hydroxyl groups is 1. The molecule has 0 radical (unpaired) electrons. The Kier molecular flexibility index (Phi) is 4.98. The molecular weight excluding hydrogens is 436 g/mol. The summed E-state index contributed by atoms with van der Waals surface area (Å²) >= 11 is 1.33. The Balaban J connectivity index is 1.75. The van der Waals surface area contributed by atoms with Crippen LogP contribution in [-0.4, -0.2) is 26.9 Å². The third-order valence-electron chi connectivity index (χ3n) is 5.73. The first-order valence-electron chi connectivity index (χ1n) is 10.4. The fourth-order valence-corrected chi connectivity index (χ4v) is 5.38. The Morgan fingerprint density at radius 3 is 2.39 bits per heavy atom. The molecule has 0 aliphatic carbocycles. The third-order valence-corrected chi connectivity index (χ3v) is 6.73. The minimum atomic E-state index is -0.882. The van der Waals surface area contributed by atoms with Crippen LogP contribution in [0.15, 0.2) is 72.3 Å². The Bertz CT molecular complexity index is 1440. The van der Waals surface area contributed by atoms with Crippen molar-refractivity contribution in [3.05, 3.63) is 94.6 Å². The smallest absolute Gasteiger partial charge is 0.301 e. The zero-order valence-electron chi connectivity index (χ0n) is 17.9. The lowest BCUT2D eigenvalue weighted by Crippen LogP contribution is -2.29. The topological polar surface area (TPSA) is 90.7 Å². The number of amides is 1. The number of ketones is 1. The first-order valence-corrected chi connectivity index (χ1v) is 11.2. The summed E-state index contributed by atoms with van der Waals surface area (Å²) < 4.78 is 0.914. The lowest BCUT2D eigenvalue weighted by atomic mass is 9.95. The maximum absolute atomic E-state index is 13.3. The summed E-state index contributed by atoms with van der Waals surface area (Å²) in [5.41, 5.74) is 3.84. The van der Waals surface area contributed by atoms with Gasteiger partial charge in [-0.3, -0.25) is 14.5 Å². The normalized spacial score (nSPS) is 17.8. The zero-order chi connectivity index (χ0) is 23.3. The summed E-state index contributed by atoms with van der Waals surface area (Å²) in [4.78, 5) is 32.5. The number of anilines is 1. The van der Waals surface area contributed by atoms with Gasteiger partial charge in [0.1, 0.15) is 11.5 Å². The van der Waals surface area contributed by atoms with Crippen LogP contribution in [0.2, 0.25) is 0 Å². The van der Waals surface area contributed by atoms with Gasteiger partial charge >= 0.3 is 5.91 Å². The third kappa shape index (κ3) is 3.47. The predicted octanol–water partition coefficient (Wildman–Crippen LogP) is 5.25. The Hall–Kier alpha value is -3.97. The number of aliphatic hydroxyl groups is 1. The van der Waals surface area contributed by atoms with Crippen LogP contribution in [0.1, 0.15) is 28.3 Å². The van der Waals surface area contributed by atoms with E-state index < -0.39 is 17.7 Å². The van der Waals surface area contributed by atoms with Crippen molar-refractivity contribution < 1.29 is 19.8 Å². The Labute approximate surface area is 194 Å². The van der Waals surface area contributed by atoms with Gasteiger partial charge in [-0.2, -0.15) is 0 Å². The lowest BCUT2D eigenvalue weighted by molar-refractivity contribution is -0.132. The van der Waals surface area contributed by atoms with E-state index in [4.69, 9.17) is 4.98 Å². The molecule has 1 aromatic heterocycles. The molecule has 1 amide bonds. The minimum Gasteiger partial charge on any atom is -0.508 e. The van der Waals surface area contributed by atoms with Crippen LogP contribution in [0.3, 0.4) is 0 Å². The minimum absolute atomic E-state index is 0.0101. The SMILES string of the molecule is Cc1cc(C)c2nc(N3C(=O)C(=O)/C(=C(/O)c4ccccc4)C3c3ccc(O)cc3)sc2c1. The summed E-state index contributed by atoms with van der Waals surface area (Å²) in [6, 6.07) is 18.1. The number of hydrogen-bond acceptors (Lipinski definition) is 6. The number of benzene rings is 3. The van der Waals surface area contributed by atoms with E-state index in [1.807, 2.05) is 26.0 Å². The van der Waals surface area contributed by atoms with Crippen molar-refractivity contribution in [2.24, 2.45) is 0 Å². The summed E-state index contributed by atoms with van der Waals surface area (Å²) in [5.74, 6) is -1.71. The van der Waals surface area contributed by atoms with E-state index in [0.29, 0.717) is 16.3 Å². The molecule has 33 heavy (non-hydrogen) atoms. The molecule has 0 saturated carbocycles. The first-order chi connectivity index (χ1) is 15.8. The van der Waals surface area contributed by atoms with Crippen LogP contribution < -0.4 is 4.90 Å². The van der Waals surface area contributed by atoms with Crippen molar-refractivity contribution in [3.63, 3.8) is 0 Å². The van der Waals surface area contributed by atoms with Crippen molar-refractivity contribution in [2.75, 3.05) is 4.90 Å². The summed E-state index contributed by atoms with van der Waals surface area (Å²) in [5, 5.41) is 21.2. The molecule has 1 unspecified atom stereocenters. The Morgan fingerprint density at radius 1 is 1.00 bits per heavy atom. The molecule has 1 aliphatic rings. The van der Waals surface area contributed by atoms with E-state index in [0.717, 1.165) is 21.3 Å². The lowest BCUT2D eigenvalue weighted by Gasteiger charge is -2.23. The molecular formula is C26H20N2O4S. The molecule has 164 valence electrons. The molecule has 1 fully saturated rings. The molecule has 2 heterocycles. The number of rotatable bonds is 3. The van der Waals surface area contributed by atoms with Crippen molar-refractivity contribution in [1.82, 2.24) is 4.98 Å². The number of aryl methyl sites for hydroxylation is 2. The van der Waals surface area contributed by atoms with Crippen molar-refractivity contribution in [2.45, 2.75) is 19.9 Å². The number of carbonyl (C=O) groups excluding carboxylic acids is 2. The van der Waals surface area contributed by atoms with Crippen molar-refractivity contribution in [3.8, 4) is 5.75 Å². The molecule has 4 aromatic rings. The second-order valence-corrected chi connectivity index (χ2v) is 9.06. The highest BCUT2D eigenvalue weighted by Crippen LogP contribution is 2.44. The molecule has 1 atom stereocenters. The van der Waals surface area contributed by atoms with Crippen LogP contribution in [0, 0.1) is 13.8 Å². The fraction of sp³-hybridized carbons (Fsp3) is 0.115. The van der Waals surface area contributed by atoms with E-state index in [1.54, 1.807) is 42.5 Å². The Morgan fingerprint density at radius 2 is 1.70 bits per heavy atom. The van der Waals surface area contributed by atoms with E-state index in [1.165, 1.54) is 28.4 Å². The van der Waals surface area contributed by atoms with E-state index in [-0.39, 0.29) is 17.1 Å². The molecule has 5 rings (SSSR count). The number of aromatic nitrogens is 1. The van der Waals surface area contributed by atoms with Gasteiger partial charge in [-0.15, -0.1) is 0 Å². The number of phenolic OH excluding ortho intramolecular Hbond substituents is 1. The van der Waals surface area contributed by atoms with Crippen molar-refractivity contribution in [1.29, 1.82) is 0 Å². The number of thiazole rings is 1. The van der Waals surface area contributed by atoms with Gasteiger partial charge in [0.2, 0.25) is 0 Å². The van der Waals surface area contributed by atoms with Gasteiger partial charge in [-0.1, -0.05) is 59.9 Å². The standard InChI is InChI=1S/C26H20N2O4S/c1-14-12-15(2)21-19(13-14)33-26(27-21)28-22(16-8-10-18(29)11-9-16)20(24(31)25(28)32)23(30)17-6-4-3-5-7-17/h3-13,22,29-30H,1-2H3/b23-20+. The number of aliphatic hydroxyl groups excluding tert-OH is 1. The fourth-order valence-electron chi connectivity index (χ4n) is 4.22. The summed E-state index contributed by atoms with van der Waals surface area (Å²) in [6.45, 7) is 3.95. The molecule has 0 spiro atoms. The van der Waals surface area contributed by atoms with Gasteiger partial charge in [-0.25, -0.2) is 4.98 Å². The van der Waals surface area contributed by atoms with E-state index >= 15 is 0 Å². The second kappa shape index (κ2) is 7.86. The molecule has 7 heteroatoms. The highest BCUT2D eigenvalue weighted by Gasteiger charge is 2.48. The van der Waals surface area contributed by atoms with Gasteiger partial charge in [-0.05, 0) is 48.7 Å². The van der Waals surface area contributed by atoms with Crippen LogP contribution in [-0.2, 0) is 9.59 Å². The number of hydrogen-bond donors (Lipinski definition) is 2. The molecule has 0 bridgehead atoms. The van der Waals surface area contributed by atoms with Gasteiger partial charge in [0.25, 0.3) is 5.78 Å². The predicted molar refractivity (Wildman–Crippen MR) is 128 cm³/mol. The van der Waals surface area contributed by atoms with Crippen LogP contribution in [0.25, 0.3) is 16.0 Å². The zero-order valence-corrected chi connectivity index (χ0v) is 18.8. The molecule has 1 aliphatic heterocycles. The highest BCUT2D eigenvalue weighted by molar-refractivity contribution is 7.22. The van der Waals surface area contributed by atoms with Gasteiger partial charge in [0.05, 0.1) is 21.8 Å². The van der Waals surface area contributed by atoms with Gasteiger partial charge < -0.3 is 10.2 Å². The van der Waals surface area contributed by atoms with Crippen molar-refractivity contribution >= 4 is 44.1 Å². The van der Waals surface area contributed by atoms with E-state index in [9.17, 15) is 19.8 Å². The van der Waals surface area contributed by atoms with Crippen LogP contribution in [0.4, 0.5) is 5.13 Å². The largest absolute Gasteiger partial charge is 0.508 e. The van der Waals surface area contributed by atoms with Crippen LogP contribution >= 0.6 is 11.3 Å².